The lowest BCUT2D eigenvalue weighted by molar-refractivity contribution is 0.0992. The molecule has 0 aliphatic rings. The number of halogens is 2. The van der Waals surface area contributed by atoms with Gasteiger partial charge in [0.15, 0.2) is 11.6 Å². The van der Waals surface area contributed by atoms with E-state index >= 15 is 0 Å². The van der Waals surface area contributed by atoms with Crippen LogP contribution in [-0.4, -0.2) is 15.7 Å². The molecule has 6 nitrogen and oxygen atoms in total. The first-order valence-electron chi connectivity index (χ1n) is 9.54. The van der Waals surface area contributed by atoms with Crippen LogP contribution in [0.3, 0.4) is 0 Å². The molecule has 4 rings (SSSR count). The number of aryl methyl sites for hydroxylation is 1. The number of carbonyl (C=O) groups excluding carboxylic acids is 1. The molecular weight excluding hydrogens is 437 g/mol. The molecular formula is C23H19Cl2N3O3. The number of amides is 1. The van der Waals surface area contributed by atoms with Gasteiger partial charge in [-0.05, 0) is 48.4 Å². The molecule has 0 aliphatic carbocycles. The lowest BCUT2D eigenvalue weighted by atomic mass is 10.2. The van der Waals surface area contributed by atoms with E-state index in [0.29, 0.717) is 28.1 Å². The number of aromatic nitrogens is 2. The molecule has 31 heavy (non-hydrogen) atoms. The highest BCUT2D eigenvalue weighted by Crippen LogP contribution is 2.23. The molecule has 8 heteroatoms. The molecule has 0 saturated carbocycles. The van der Waals surface area contributed by atoms with Crippen molar-refractivity contribution in [2.45, 2.75) is 20.1 Å². The second kappa shape index (κ2) is 9.29. The van der Waals surface area contributed by atoms with Crippen LogP contribution in [0.5, 0.6) is 5.75 Å². The van der Waals surface area contributed by atoms with Gasteiger partial charge in [-0.2, -0.15) is 5.10 Å². The fourth-order valence-electron chi connectivity index (χ4n) is 2.94. The standard InChI is InChI=1S/C23H19Cl2N3O3/c1-15-11-17(7-9-19(15)24)30-14-18-8-10-21(31-18)23(29)26-22-20(25)13-28(27-22)12-16-5-3-2-4-6-16/h2-11,13H,12,14H2,1H3,(H,26,27,29). The fourth-order valence-corrected chi connectivity index (χ4v) is 3.26. The number of benzene rings is 2. The third kappa shape index (κ3) is 5.29. The first kappa shape index (κ1) is 21.0. The SMILES string of the molecule is Cc1cc(OCc2ccc(C(=O)Nc3nn(Cc4ccccc4)cc3Cl)o2)ccc1Cl. The Balaban J connectivity index is 1.37. The Morgan fingerprint density at radius 3 is 2.68 bits per heavy atom. The Morgan fingerprint density at radius 2 is 1.90 bits per heavy atom. The van der Waals surface area contributed by atoms with Gasteiger partial charge < -0.3 is 14.5 Å². The molecule has 158 valence electrons. The number of hydrogen-bond acceptors (Lipinski definition) is 4. The summed E-state index contributed by atoms with van der Waals surface area (Å²) in [6.45, 7) is 2.63. The average Bonchev–Trinajstić information content (AvgIpc) is 3.36. The Labute approximate surface area is 189 Å². The van der Waals surface area contributed by atoms with Gasteiger partial charge in [0.2, 0.25) is 0 Å². The summed E-state index contributed by atoms with van der Waals surface area (Å²) in [7, 11) is 0. The topological polar surface area (TPSA) is 69.3 Å². The van der Waals surface area contributed by atoms with Crippen molar-refractivity contribution in [1.82, 2.24) is 9.78 Å². The lowest BCUT2D eigenvalue weighted by Crippen LogP contribution is -2.12. The predicted octanol–water partition coefficient (Wildman–Crippen LogP) is 5.97. The van der Waals surface area contributed by atoms with Gasteiger partial charge in [-0.25, -0.2) is 0 Å². The number of rotatable bonds is 7. The molecule has 1 N–H and O–H groups in total. The Kier molecular flexibility index (Phi) is 6.30. The molecule has 0 spiro atoms. The molecule has 0 saturated heterocycles. The van der Waals surface area contributed by atoms with Crippen LogP contribution < -0.4 is 10.1 Å². The third-order valence-electron chi connectivity index (χ3n) is 4.53. The van der Waals surface area contributed by atoms with Crippen LogP contribution in [0, 0.1) is 6.92 Å². The van der Waals surface area contributed by atoms with Crippen molar-refractivity contribution < 1.29 is 13.9 Å². The Hall–Kier alpha value is -3.22. The zero-order valence-corrected chi connectivity index (χ0v) is 18.2. The van der Waals surface area contributed by atoms with Crippen molar-refractivity contribution in [2.75, 3.05) is 5.32 Å². The quantitative estimate of drug-likeness (QED) is 0.372. The first-order chi connectivity index (χ1) is 15.0. The first-order valence-corrected chi connectivity index (χ1v) is 10.3. The van der Waals surface area contributed by atoms with Crippen molar-refractivity contribution in [3.05, 3.63) is 99.6 Å². The summed E-state index contributed by atoms with van der Waals surface area (Å²) >= 11 is 12.3. The molecule has 2 heterocycles. The van der Waals surface area contributed by atoms with Crippen LogP contribution in [0.1, 0.15) is 27.4 Å². The maximum absolute atomic E-state index is 12.5. The summed E-state index contributed by atoms with van der Waals surface area (Å²) in [4.78, 5) is 12.5. The number of nitrogens with one attached hydrogen (secondary N) is 1. The molecule has 4 aromatic rings. The van der Waals surface area contributed by atoms with Crippen molar-refractivity contribution in [3.8, 4) is 5.75 Å². The maximum atomic E-state index is 12.5. The van der Waals surface area contributed by atoms with E-state index in [2.05, 4.69) is 10.4 Å². The maximum Gasteiger partial charge on any atom is 0.292 e. The van der Waals surface area contributed by atoms with Gasteiger partial charge in [-0.1, -0.05) is 53.5 Å². The van der Waals surface area contributed by atoms with Gasteiger partial charge in [0.05, 0.1) is 6.54 Å². The van der Waals surface area contributed by atoms with Crippen LogP contribution in [0.2, 0.25) is 10.0 Å². The number of ether oxygens (including phenoxy) is 1. The largest absolute Gasteiger partial charge is 0.486 e. The van der Waals surface area contributed by atoms with Crippen LogP contribution in [0.25, 0.3) is 0 Å². The predicted molar refractivity (Wildman–Crippen MR) is 120 cm³/mol. The van der Waals surface area contributed by atoms with E-state index in [9.17, 15) is 4.79 Å². The summed E-state index contributed by atoms with van der Waals surface area (Å²) in [5, 5.41) is 8.05. The second-order valence-electron chi connectivity index (χ2n) is 6.93. The van der Waals surface area contributed by atoms with E-state index < -0.39 is 5.91 Å². The highest BCUT2D eigenvalue weighted by molar-refractivity contribution is 6.33. The minimum absolute atomic E-state index is 0.138. The van der Waals surface area contributed by atoms with E-state index in [0.717, 1.165) is 11.1 Å². The van der Waals surface area contributed by atoms with Crippen LogP contribution in [-0.2, 0) is 13.2 Å². The lowest BCUT2D eigenvalue weighted by Gasteiger charge is -2.06. The van der Waals surface area contributed by atoms with Gasteiger partial charge in [0.1, 0.15) is 23.1 Å². The summed E-state index contributed by atoms with van der Waals surface area (Å²) in [5.74, 6) is 1.15. The molecule has 1 amide bonds. The second-order valence-corrected chi connectivity index (χ2v) is 7.74. The summed E-state index contributed by atoms with van der Waals surface area (Å²) in [5.41, 5.74) is 1.99. The molecule has 0 bridgehead atoms. The van der Waals surface area contributed by atoms with Crippen LogP contribution >= 0.6 is 23.2 Å². The molecule has 0 atom stereocenters. The minimum Gasteiger partial charge on any atom is -0.486 e. The third-order valence-corrected chi connectivity index (χ3v) is 5.23. The van der Waals surface area contributed by atoms with Gasteiger partial charge >= 0.3 is 0 Å². The monoisotopic (exact) mass is 455 g/mol. The van der Waals surface area contributed by atoms with E-state index in [1.54, 1.807) is 35.1 Å². The van der Waals surface area contributed by atoms with Gasteiger partial charge in [-0.15, -0.1) is 0 Å². The zero-order valence-electron chi connectivity index (χ0n) is 16.6. The normalized spacial score (nSPS) is 10.8. The van der Waals surface area contributed by atoms with Crippen molar-refractivity contribution in [2.24, 2.45) is 0 Å². The van der Waals surface area contributed by atoms with Crippen LogP contribution in [0.4, 0.5) is 5.82 Å². The van der Waals surface area contributed by atoms with Crippen LogP contribution in [0.15, 0.2) is 71.3 Å². The zero-order chi connectivity index (χ0) is 21.8. The smallest absolute Gasteiger partial charge is 0.292 e. The fraction of sp³-hybridized carbons (Fsp3) is 0.130. The summed E-state index contributed by atoms with van der Waals surface area (Å²) in [6, 6.07) is 18.5. The van der Waals surface area contributed by atoms with Gasteiger partial charge in [0.25, 0.3) is 5.91 Å². The number of anilines is 1. The summed E-state index contributed by atoms with van der Waals surface area (Å²) in [6.07, 6.45) is 1.67. The molecule has 0 aliphatic heterocycles. The van der Waals surface area contributed by atoms with Crippen molar-refractivity contribution in [1.29, 1.82) is 0 Å². The Morgan fingerprint density at radius 1 is 1.10 bits per heavy atom. The van der Waals surface area contributed by atoms with E-state index in [-0.39, 0.29) is 18.2 Å². The van der Waals surface area contributed by atoms with E-state index in [4.69, 9.17) is 32.4 Å². The van der Waals surface area contributed by atoms with E-state index in [1.807, 2.05) is 43.3 Å². The van der Waals surface area contributed by atoms with Crippen molar-refractivity contribution >= 4 is 34.9 Å². The van der Waals surface area contributed by atoms with Crippen molar-refractivity contribution in [3.63, 3.8) is 0 Å². The summed E-state index contributed by atoms with van der Waals surface area (Å²) < 4.78 is 13.0. The highest BCUT2D eigenvalue weighted by Gasteiger charge is 2.16. The number of carbonyl (C=O) groups is 1. The highest BCUT2D eigenvalue weighted by atomic mass is 35.5. The van der Waals surface area contributed by atoms with E-state index in [1.165, 1.54) is 0 Å². The molecule has 0 radical (unpaired) electrons. The van der Waals surface area contributed by atoms with Gasteiger partial charge in [-0.3, -0.25) is 9.48 Å². The molecule has 2 aromatic carbocycles. The number of nitrogens with zero attached hydrogens (tertiary/aromatic N) is 2. The number of furan rings is 1. The number of hydrogen-bond donors (Lipinski definition) is 1. The molecule has 2 aromatic heterocycles. The molecule has 0 unspecified atom stereocenters. The average molecular weight is 456 g/mol. The van der Waals surface area contributed by atoms with Gasteiger partial charge in [0, 0.05) is 11.2 Å². The molecule has 0 fully saturated rings. The Bertz CT molecular complexity index is 1200. The minimum atomic E-state index is -0.444.